The van der Waals surface area contributed by atoms with E-state index in [0.29, 0.717) is 17.6 Å². The number of rotatable bonds is 3. The Morgan fingerprint density at radius 1 is 0.926 bits per heavy atom. The van der Waals surface area contributed by atoms with E-state index in [1.54, 1.807) is 24.3 Å². The highest BCUT2D eigenvalue weighted by atomic mass is 16.4. The van der Waals surface area contributed by atoms with Crippen molar-refractivity contribution >= 4 is 28.1 Å². The van der Waals surface area contributed by atoms with Crippen LogP contribution in [0.2, 0.25) is 0 Å². The van der Waals surface area contributed by atoms with Crippen molar-refractivity contribution in [2.45, 2.75) is 12.3 Å². The molecule has 4 heteroatoms. The van der Waals surface area contributed by atoms with Crippen LogP contribution in [-0.2, 0) is 9.59 Å². The van der Waals surface area contributed by atoms with Crippen LogP contribution in [0.15, 0.2) is 72.8 Å². The number of hydrogen-bond donors (Lipinski definition) is 2. The summed E-state index contributed by atoms with van der Waals surface area (Å²) >= 11 is 0. The van der Waals surface area contributed by atoms with Crippen molar-refractivity contribution in [2.75, 3.05) is 0 Å². The number of carbonyl (C=O) groups excluding carboxylic acids is 1. The molecule has 3 aromatic carbocycles. The van der Waals surface area contributed by atoms with Gasteiger partial charge in [0, 0.05) is 11.5 Å². The number of ketones is 1. The van der Waals surface area contributed by atoms with Gasteiger partial charge in [-0.1, -0.05) is 60.7 Å². The third kappa shape index (κ3) is 2.99. The Morgan fingerprint density at radius 2 is 1.63 bits per heavy atom. The quantitative estimate of drug-likeness (QED) is 0.681. The van der Waals surface area contributed by atoms with Crippen LogP contribution in [0.1, 0.15) is 23.5 Å². The van der Waals surface area contributed by atoms with Crippen LogP contribution >= 0.6 is 0 Å². The van der Waals surface area contributed by atoms with Gasteiger partial charge in [-0.3, -0.25) is 9.59 Å². The Hall–Kier alpha value is -3.40. The summed E-state index contributed by atoms with van der Waals surface area (Å²) < 4.78 is 0. The van der Waals surface area contributed by atoms with Gasteiger partial charge in [0.15, 0.2) is 5.78 Å². The number of hydrogen-bond acceptors (Lipinski definition) is 3. The standard InChI is InChI=1S/C23H18O4/c24-20-11-4-3-9-17(20)15-12-19(22(23(26)27)21(25)13-15)18-10-5-7-14-6-1-2-8-16(14)18/h1-11,13,19,22,24H,12H2,(H,26,27). The molecule has 1 aliphatic carbocycles. The van der Waals surface area contributed by atoms with Gasteiger partial charge in [-0.2, -0.15) is 0 Å². The lowest BCUT2D eigenvalue weighted by molar-refractivity contribution is -0.146. The van der Waals surface area contributed by atoms with Crippen molar-refractivity contribution < 1.29 is 19.8 Å². The van der Waals surface area contributed by atoms with Gasteiger partial charge >= 0.3 is 5.97 Å². The Balaban J connectivity index is 1.87. The zero-order valence-corrected chi connectivity index (χ0v) is 14.5. The molecule has 0 heterocycles. The predicted octanol–water partition coefficient (Wildman–Crippen LogP) is 4.39. The number of aliphatic carboxylic acids is 1. The first-order valence-corrected chi connectivity index (χ1v) is 8.79. The first kappa shape index (κ1) is 17.0. The third-order valence-corrected chi connectivity index (χ3v) is 5.20. The van der Waals surface area contributed by atoms with Gasteiger partial charge in [-0.15, -0.1) is 0 Å². The molecule has 4 nitrogen and oxygen atoms in total. The number of carboxylic acids is 1. The molecule has 2 unspecified atom stereocenters. The number of benzene rings is 3. The van der Waals surface area contributed by atoms with Gasteiger partial charge in [0.1, 0.15) is 11.7 Å². The van der Waals surface area contributed by atoms with Crippen molar-refractivity contribution in [3.63, 3.8) is 0 Å². The van der Waals surface area contributed by atoms with Crippen molar-refractivity contribution in [2.24, 2.45) is 5.92 Å². The maximum atomic E-state index is 12.7. The number of carbonyl (C=O) groups is 2. The second kappa shape index (κ2) is 6.72. The number of carboxylic acid groups (broad SMARTS) is 1. The predicted molar refractivity (Wildman–Crippen MR) is 104 cm³/mol. The van der Waals surface area contributed by atoms with Gasteiger partial charge in [0.05, 0.1) is 0 Å². The zero-order chi connectivity index (χ0) is 19.0. The maximum absolute atomic E-state index is 12.7. The summed E-state index contributed by atoms with van der Waals surface area (Å²) in [6.45, 7) is 0. The molecule has 2 N–H and O–H groups in total. The summed E-state index contributed by atoms with van der Waals surface area (Å²) in [4.78, 5) is 24.6. The van der Waals surface area contributed by atoms with Gasteiger partial charge in [-0.25, -0.2) is 0 Å². The van der Waals surface area contributed by atoms with Crippen LogP contribution in [-0.4, -0.2) is 22.0 Å². The Morgan fingerprint density at radius 3 is 2.41 bits per heavy atom. The minimum Gasteiger partial charge on any atom is -0.507 e. The topological polar surface area (TPSA) is 74.6 Å². The van der Waals surface area contributed by atoms with E-state index in [1.165, 1.54) is 6.08 Å². The molecule has 4 rings (SSSR count). The highest BCUT2D eigenvalue weighted by molar-refractivity contribution is 6.11. The van der Waals surface area contributed by atoms with E-state index >= 15 is 0 Å². The van der Waals surface area contributed by atoms with Gasteiger partial charge in [0.25, 0.3) is 0 Å². The molecular weight excluding hydrogens is 340 g/mol. The molecule has 0 fully saturated rings. The molecular formula is C23H18O4. The van der Waals surface area contributed by atoms with E-state index in [-0.39, 0.29) is 5.75 Å². The summed E-state index contributed by atoms with van der Waals surface area (Å²) in [5.74, 6) is -3.11. The molecule has 2 atom stereocenters. The SMILES string of the molecule is O=C(O)C1C(=O)C=C(c2ccccc2O)CC1c1cccc2ccccc12. The van der Waals surface area contributed by atoms with E-state index < -0.39 is 23.6 Å². The molecule has 0 spiro atoms. The molecule has 0 saturated carbocycles. The minimum absolute atomic E-state index is 0.0852. The van der Waals surface area contributed by atoms with Crippen molar-refractivity contribution in [3.8, 4) is 5.75 Å². The van der Waals surface area contributed by atoms with E-state index in [2.05, 4.69) is 0 Å². The van der Waals surface area contributed by atoms with Crippen LogP contribution < -0.4 is 0 Å². The van der Waals surface area contributed by atoms with Crippen molar-refractivity contribution in [3.05, 3.63) is 83.9 Å². The highest BCUT2D eigenvalue weighted by Gasteiger charge is 2.39. The third-order valence-electron chi connectivity index (χ3n) is 5.20. The van der Waals surface area contributed by atoms with Crippen LogP contribution in [0.3, 0.4) is 0 Å². The van der Waals surface area contributed by atoms with Crippen LogP contribution in [0.5, 0.6) is 5.75 Å². The fourth-order valence-corrected chi connectivity index (χ4v) is 3.96. The second-order valence-corrected chi connectivity index (χ2v) is 6.78. The molecule has 3 aromatic rings. The fourth-order valence-electron chi connectivity index (χ4n) is 3.96. The minimum atomic E-state index is -1.13. The van der Waals surface area contributed by atoms with E-state index in [4.69, 9.17) is 0 Å². The normalized spacial score (nSPS) is 19.7. The van der Waals surface area contributed by atoms with Crippen molar-refractivity contribution in [1.82, 2.24) is 0 Å². The van der Waals surface area contributed by atoms with Crippen LogP contribution in [0.4, 0.5) is 0 Å². The van der Waals surface area contributed by atoms with Gasteiger partial charge in [-0.05, 0) is 40.5 Å². The van der Waals surface area contributed by atoms with Gasteiger partial charge < -0.3 is 10.2 Å². The lowest BCUT2D eigenvalue weighted by Crippen LogP contribution is -2.32. The average molecular weight is 358 g/mol. The zero-order valence-electron chi connectivity index (χ0n) is 14.5. The molecule has 0 radical (unpaired) electrons. The largest absolute Gasteiger partial charge is 0.507 e. The van der Waals surface area contributed by atoms with Crippen LogP contribution in [0.25, 0.3) is 16.3 Å². The van der Waals surface area contributed by atoms with Crippen molar-refractivity contribution in [1.29, 1.82) is 0 Å². The number of fused-ring (bicyclic) bond motifs is 1. The smallest absolute Gasteiger partial charge is 0.315 e. The number of para-hydroxylation sites is 1. The Labute approximate surface area is 156 Å². The second-order valence-electron chi connectivity index (χ2n) is 6.78. The van der Waals surface area contributed by atoms with Gasteiger partial charge in [0.2, 0.25) is 0 Å². The molecule has 0 saturated heterocycles. The molecule has 27 heavy (non-hydrogen) atoms. The molecule has 0 aromatic heterocycles. The molecule has 134 valence electrons. The number of allylic oxidation sites excluding steroid dienone is 2. The average Bonchev–Trinajstić information content (AvgIpc) is 2.67. The summed E-state index contributed by atoms with van der Waals surface area (Å²) in [6, 6.07) is 20.3. The molecule has 0 bridgehead atoms. The number of aromatic hydroxyl groups is 1. The number of phenolic OH excluding ortho intramolecular Hbond substituents is 1. The number of phenols is 1. The molecule has 0 aliphatic heterocycles. The van der Waals surface area contributed by atoms with E-state index in [1.807, 2.05) is 42.5 Å². The monoisotopic (exact) mass is 358 g/mol. The summed E-state index contributed by atoms with van der Waals surface area (Å²) in [7, 11) is 0. The Kier molecular flexibility index (Phi) is 4.24. The summed E-state index contributed by atoms with van der Waals surface area (Å²) in [5.41, 5.74) is 2.07. The highest BCUT2D eigenvalue weighted by Crippen LogP contribution is 2.43. The molecule has 0 amide bonds. The fraction of sp³-hybridized carbons (Fsp3) is 0.130. The first-order chi connectivity index (χ1) is 13.1. The summed E-state index contributed by atoms with van der Waals surface area (Å²) in [5, 5.41) is 21.9. The lowest BCUT2D eigenvalue weighted by atomic mass is 9.72. The molecule has 1 aliphatic rings. The van der Waals surface area contributed by atoms with E-state index in [9.17, 15) is 19.8 Å². The first-order valence-electron chi connectivity index (χ1n) is 8.79. The summed E-state index contributed by atoms with van der Waals surface area (Å²) in [6.07, 6.45) is 1.74. The maximum Gasteiger partial charge on any atom is 0.315 e. The lowest BCUT2D eigenvalue weighted by Gasteiger charge is -2.29. The van der Waals surface area contributed by atoms with E-state index in [0.717, 1.165) is 16.3 Å². The Bertz CT molecular complexity index is 1080. The van der Waals surface area contributed by atoms with Crippen LogP contribution in [0, 0.1) is 5.92 Å².